The minimum Gasteiger partial charge on any atom is -0.313 e. The Morgan fingerprint density at radius 2 is 1.69 bits per heavy atom. The van der Waals surface area contributed by atoms with Crippen LogP contribution in [-0.2, 0) is 0 Å². The van der Waals surface area contributed by atoms with Gasteiger partial charge in [-0.1, -0.05) is 13.8 Å². The molecule has 1 N–H and O–H groups in total. The van der Waals surface area contributed by atoms with Crippen molar-refractivity contribution < 1.29 is 0 Å². The van der Waals surface area contributed by atoms with Gasteiger partial charge in [-0.2, -0.15) is 0 Å². The summed E-state index contributed by atoms with van der Waals surface area (Å²) in [7, 11) is 0. The van der Waals surface area contributed by atoms with Crippen molar-refractivity contribution in [1.82, 2.24) is 15.1 Å². The van der Waals surface area contributed by atoms with Gasteiger partial charge in [-0.3, -0.25) is 9.80 Å². The van der Waals surface area contributed by atoms with Gasteiger partial charge in [0.05, 0.1) is 0 Å². The Morgan fingerprint density at radius 3 is 2.19 bits per heavy atom. The maximum atomic E-state index is 3.53. The molecule has 0 aromatic heterocycles. The highest BCUT2D eigenvalue weighted by Crippen LogP contribution is 2.27. The predicted molar refractivity (Wildman–Crippen MR) is 68.8 cm³/mol. The first kappa shape index (κ1) is 12.3. The Bertz CT molecular complexity index is 205. The SMILES string of the molecule is CC(C)NCC(C)N1CCN(C2CC2)CC1. The molecule has 1 unspecified atom stereocenters. The summed E-state index contributed by atoms with van der Waals surface area (Å²) in [5.41, 5.74) is 0. The minimum absolute atomic E-state index is 0.607. The molecule has 16 heavy (non-hydrogen) atoms. The van der Waals surface area contributed by atoms with Gasteiger partial charge < -0.3 is 5.32 Å². The number of hydrogen-bond donors (Lipinski definition) is 1. The molecule has 0 amide bonds. The van der Waals surface area contributed by atoms with E-state index in [-0.39, 0.29) is 0 Å². The second-order valence-electron chi connectivity index (χ2n) is 5.72. The molecule has 1 aliphatic carbocycles. The highest BCUT2D eigenvalue weighted by atomic mass is 15.3. The zero-order valence-corrected chi connectivity index (χ0v) is 11.1. The summed E-state index contributed by atoms with van der Waals surface area (Å²) in [5, 5.41) is 3.53. The van der Waals surface area contributed by atoms with Crippen LogP contribution in [0.5, 0.6) is 0 Å². The Labute approximate surface area is 100 Å². The smallest absolute Gasteiger partial charge is 0.0193 e. The fourth-order valence-corrected chi connectivity index (χ4v) is 2.52. The molecule has 0 radical (unpaired) electrons. The van der Waals surface area contributed by atoms with E-state index in [1.165, 1.54) is 39.0 Å². The monoisotopic (exact) mass is 225 g/mol. The normalized spacial score (nSPS) is 26.2. The molecule has 0 bridgehead atoms. The highest BCUT2D eigenvalue weighted by molar-refractivity contribution is 4.88. The molecule has 0 spiro atoms. The van der Waals surface area contributed by atoms with E-state index in [0.29, 0.717) is 12.1 Å². The van der Waals surface area contributed by atoms with E-state index >= 15 is 0 Å². The Hall–Kier alpha value is -0.120. The van der Waals surface area contributed by atoms with Crippen LogP contribution in [0.15, 0.2) is 0 Å². The van der Waals surface area contributed by atoms with Gasteiger partial charge in [-0.25, -0.2) is 0 Å². The van der Waals surface area contributed by atoms with Crippen LogP contribution in [0, 0.1) is 0 Å². The van der Waals surface area contributed by atoms with E-state index in [2.05, 4.69) is 35.9 Å². The number of rotatable bonds is 5. The fourth-order valence-electron chi connectivity index (χ4n) is 2.52. The van der Waals surface area contributed by atoms with Gasteiger partial charge >= 0.3 is 0 Å². The predicted octanol–water partition coefficient (Wildman–Crippen LogP) is 1.15. The number of nitrogens with one attached hydrogen (secondary N) is 1. The minimum atomic E-state index is 0.607. The van der Waals surface area contributed by atoms with E-state index in [1.807, 2.05) is 0 Å². The number of nitrogens with zero attached hydrogens (tertiary/aromatic N) is 2. The summed E-state index contributed by atoms with van der Waals surface area (Å²) in [6.45, 7) is 13.0. The topological polar surface area (TPSA) is 18.5 Å². The number of piperazine rings is 1. The van der Waals surface area contributed by atoms with Crippen LogP contribution in [-0.4, -0.2) is 60.6 Å². The third-order valence-electron chi connectivity index (χ3n) is 3.86. The molecule has 1 saturated carbocycles. The molecule has 2 aliphatic rings. The quantitative estimate of drug-likeness (QED) is 0.757. The fraction of sp³-hybridized carbons (Fsp3) is 1.00. The summed E-state index contributed by atoms with van der Waals surface area (Å²) in [6, 6.07) is 2.24. The second-order valence-corrected chi connectivity index (χ2v) is 5.72. The lowest BCUT2D eigenvalue weighted by atomic mass is 10.2. The molecule has 1 aliphatic heterocycles. The van der Waals surface area contributed by atoms with Gasteiger partial charge in [0.15, 0.2) is 0 Å². The lowest BCUT2D eigenvalue weighted by Gasteiger charge is -2.38. The lowest BCUT2D eigenvalue weighted by molar-refractivity contribution is 0.0962. The lowest BCUT2D eigenvalue weighted by Crippen LogP contribution is -2.52. The molecule has 0 aromatic rings. The molecular formula is C13H27N3. The first-order chi connectivity index (χ1) is 7.66. The molecule has 2 rings (SSSR count). The third-order valence-corrected chi connectivity index (χ3v) is 3.86. The van der Waals surface area contributed by atoms with Crippen LogP contribution in [0.4, 0.5) is 0 Å². The first-order valence-electron chi connectivity index (χ1n) is 6.88. The maximum absolute atomic E-state index is 3.53. The average Bonchev–Trinajstić information content (AvgIpc) is 3.10. The van der Waals surface area contributed by atoms with E-state index < -0.39 is 0 Å². The highest BCUT2D eigenvalue weighted by Gasteiger charge is 2.31. The zero-order chi connectivity index (χ0) is 11.5. The molecule has 3 nitrogen and oxygen atoms in total. The molecule has 94 valence electrons. The van der Waals surface area contributed by atoms with Crippen molar-refractivity contribution in [3.8, 4) is 0 Å². The van der Waals surface area contributed by atoms with E-state index in [1.54, 1.807) is 0 Å². The Kier molecular flexibility index (Phi) is 4.22. The van der Waals surface area contributed by atoms with Crippen molar-refractivity contribution in [2.75, 3.05) is 32.7 Å². The van der Waals surface area contributed by atoms with Crippen molar-refractivity contribution in [2.45, 2.75) is 51.7 Å². The van der Waals surface area contributed by atoms with Gasteiger partial charge in [-0.15, -0.1) is 0 Å². The summed E-state index contributed by atoms with van der Waals surface area (Å²) in [4.78, 5) is 5.31. The standard InChI is InChI=1S/C13H27N3/c1-11(2)14-10-12(3)15-6-8-16(9-7-15)13-4-5-13/h11-14H,4-10H2,1-3H3. The summed E-state index contributed by atoms with van der Waals surface area (Å²) in [5.74, 6) is 0. The van der Waals surface area contributed by atoms with Crippen LogP contribution in [0.2, 0.25) is 0 Å². The van der Waals surface area contributed by atoms with Crippen molar-refractivity contribution in [3.05, 3.63) is 0 Å². The molecular weight excluding hydrogens is 198 g/mol. The summed E-state index contributed by atoms with van der Waals surface area (Å²) in [6.07, 6.45) is 2.90. The Morgan fingerprint density at radius 1 is 1.06 bits per heavy atom. The molecule has 3 heteroatoms. The number of hydrogen-bond acceptors (Lipinski definition) is 3. The van der Waals surface area contributed by atoms with Gasteiger partial charge in [-0.05, 0) is 19.8 Å². The van der Waals surface area contributed by atoms with E-state index in [0.717, 1.165) is 12.6 Å². The maximum Gasteiger partial charge on any atom is 0.0193 e. The van der Waals surface area contributed by atoms with Gasteiger partial charge in [0.25, 0.3) is 0 Å². The van der Waals surface area contributed by atoms with E-state index in [4.69, 9.17) is 0 Å². The van der Waals surface area contributed by atoms with Crippen LogP contribution < -0.4 is 5.32 Å². The first-order valence-corrected chi connectivity index (χ1v) is 6.88. The van der Waals surface area contributed by atoms with Crippen molar-refractivity contribution >= 4 is 0 Å². The largest absolute Gasteiger partial charge is 0.313 e. The van der Waals surface area contributed by atoms with Crippen molar-refractivity contribution in [3.63, 3.8) is 0 Å². The van der Waals surface area contributed by atoms with Gasteiger partial charge in [0.2, 0.25) is 0 Å². The van der Waals surface area contributed by atoms with Crippen LogP contribution in [0.3, 0.4) is 0 Å². The molecule has 1 saturated heterocycles. The van der Waals surface area contributed by atoms with Crippen LogP contribution in [0.1, 0.15) is 33.6 Å². The van der Waals surface area contributed by atoms with Crippen LogP contribution in [0.25, 0.3) is 0 Å². The second kappa shape index (κ2) is 5.48. The molecule has 0 aromatic carbocycles. The zero-order valence-electron chi connectivity index (χ0n) is 11.1. The van der Waals surface area contributed by atoms with Gasteiger partial charge in [0.1, 0.15) is 0 Å². The average molecular weight is 225 g/mol. The van der Waals surface area contributed by atoms with Crippen molar-refractivity contribution in [2.24, 2.45) is 0 Å². The van der Waals surface area contributed by atoms with E-state index in [9.17, 15) is 0 Å². The molecule has 1 atom stereocenters. The Balaban J connectivity index is 1.66. The molecule has 1 heterocycles. The summed E-state index contributed by atoms with van der Waals surface area (Å²) < 4.78 is 0. The molecule has 2 fully saturated rings. The van der Waals surface area contributed by atoms with Gasteiger partial charge in [0, 0.05) is 50.8 Å². The third kappa shape index (κ3) is 3.44. The summed E-state index contributed by atoms with van der Waals surface area (Å²) >= 11 is 0. The van der Waals surface area contributed by atoms with Crippen LogP contribution >= 0.6 is 0 Å². The van der Waals surface area contributed by atoms with Crippen molar-refractivity contribution in [1.29, 1.82) is 0 Å².